The van der Waals surface area contributed by atoms with Crippen molar-refractivity contribution in [3.63, 3.8) is 0 Å². The summed E-state index contributed by atoms with van der Waals surface area (Å²) in [7, 11) is -5.79. The first-order valence-corrected chi connectivity index (χ1v) is 27.2. The number of hydrogen-bond acceptors (Lipinski definition) is 2. The molecule has 67 heavy (non-hydrogen) atoms. The minimum Gasteiger partial charge on any atom is -0.457 e. The molecule has 2 nitrogen and oxygen atoms in total. The van der Waals surface area contributed by atoms with Gasteiger partial charge in [0.2, 0.25) is 0 Å². The number of aryl methyl sites for hydroxylation is 3. The van der Waals surface area contributed by atoms with E-state index < -0.39 is 16.1 Å². The van der Waals surface area contributed by atoms with Crippen molar-refractivity contribution >= 4 is 57.6 Å². The molecule has 0 aliphatic carbocycles. The normalized spacial score (nSPS) is 13.8. The summed E-state index contributed by atoms with van der Waals surface area (Å²) in [4.78, 5) is 0. The molecule has 2 heterocycles. The van der Waals surface area contributed by atoms with Gasteiger partial charge in [0.1, 0.15) is 23.0 Å². The van der Waals surface area contributed by atoms with E-state index in [1.165, 1.54) is 63.7 Å². The topological polar surface area (TPSA) is 18.5 Å². The Bertz CT molecular complexity index is 3190. The molecule has 0 fully saturated rings. The molecule has 4 heteroatoms. The largest absolute Gasteiger partial charge is 0.457 e. The lowest BCUT2D eigenvalue weighted by molar-refractivity contribution is 0.489. The van der Waals surface area contributed by atoms with Crippen LogP contribution in [0.15, 0.2) is 237 Å². The summed E-state index contributed by atoms with van der Waals surface area (Å²) in [6.07, 6.45) is 0. The molecule has 0 saturated heterocycles. The maximum absolute atomic E-state index is 7.29. The molecule has 320 valence electrons. The fourth-order valence-electron chi connectivity index (χ4n) is 11.6. The molecule has 0 aromatic heterocycles. The lowest BCUT2D eigenvalue weighted by Crippen LogP contribution is -2.76. The fourth-order valence-corrected chi connectivity index (χ4v) is 21.6. The average Bonchev–Trinajstić information content (AvgIpc) is 3.37. The Morgan fingerprint density at radius 3 is 1.01 bits per heavy atom. The molecule has 0 spiro atoms. The van der Waals surface area contributed by atoms with Gasteiger partial charge in [-0.15, -0.1) is 0 Å². The summed E-state index contributed by atoms with van der Waals surface area (Å²) in [5.41, 5.74) is 10.5. The zero-order valence-corrected chi connectivity index (χ0v) is 39.8. The third-order valence-electron chi connectivity index (χ3n) is 14.2. The van der Waals surface area contributed by atoms with Crippen LogP contribution >= 0.6 is 0 Å². The van der Waals surface area contributed by atoms with Crippen LogP contribution < -0.4 is 51.0 Å². The van der Waals surface area contributed by atoms with Gasteiger partial charge >= 0.3 is 0 Å². The molecule has 0 radical (unpaired) electrons. The molecule has 2 aliphatic rings. The maximum Gasteiger partial charge on any atom is 0.188 e. The van der Waals surface area contributed by atoms with E-state index in [-0.39, 0.29) is 0 Å². The average molecular weight is 893 g/mol. The van der Waals surface area contributed by atoms with E-state index in [9.17, 15) is 0 Å². The van der Waals surface area contributed by atoms with Gasteiger partial charge in [-0.1, -0.05) is 212 Å². The van der Waals surface area contributed by atoms with E-state index in [1.807, 2.05) is 0 Å². The zero-order valence-electron chi connectivity index (χ0n) is 37.8. The molecular weight excluding hydrogens is 845 g/mol. The third-order valence-corrected chi connectivity index (χ3v) is 23.8. The number of ether oxygens (including phenoxy) is 2. The number of para-hydroxylation sites is 4. The van der Waals surface area contributed by atoms with E-state index in [2.05, 4.69) is 257 Å². The highest BCUT2D eigenvalue weighted by Crippen LogP contribution is 2.44. The van der Waals surface area contributed by atoms with Crippen LogP contribution in [0.2, 0.25) is 0 Å². The summed E-state index contributed by atoms with van der Waals surface area (Å²) in [6, 6.07) is 87.5. The van der Waals surface area contributed by atoms with Crippen LogP contribution in [0.3, 0.4) is 0 Å². The molecule has 0 unspecified atom stereocenters. The number of benzene rings is 10. The van der Waals surface area contributed by atoms with E-state index in [0.29, 0.717) is 0 Å². The predicted octanol–water partition coefficient (Wildman–Crippen LogP) is 10.6. The Morgan fingerprint density at radius 1 is 0.299 bits per heavy atom. The van der Waals surface area contributed by atoms with Crippen molar-refractivity contribution in [1.82, 2.24) is 0 Å². The second-order valence-corrected chi connectivity index (χ2v) is 25.6. The summed E-state index contributed by atoms with van der Waals surface area (Å²) in [6.45, 7) is 6.68. The van der Waals surface area contributed by atoms with Crippen LogP contribution in [-0.2, 0) is 0 Å². The number of fused-ring (bicyclic) bond motifs is 4. The molecule has 12 rings (SSSR count). The van der Waals surface area contributed by atoms with E-state index >= 15 is 0 Å². The van der Waals surface area contributed by atoms with Crippen molar-refractivity contribution in [2.45, 2.75) is 20.8 Å². The Kier molecular flexibility index (Phi) is 9.90. The maximum atomic E-state index is 7.29. The van der Waals surface area contributed by atoms with Crippen LogP contribution in [0.4, 0.5) is 0 Å². The number of hydrogen-bond donors (Lipinski definition) is 0. The second-order valence-electron chi connectivity index (χ2n) is 18.1. The highest BCUT2D eigenvalue weighted by Gasteiger charge is 2.50. The Morgan fingerprint density at radius 2 is 0.627 bits per heavy atom. The van der Waals surface area contributed by atoms with Crippen molar-refractivity contribution < 1.29 is 9.47 Å². The van der Waals surface area contributed by atoms with Crippen LogP contribution in [0.5, 0.6) is 23.0 Å². The molecule has 10 aromatic carbocycles. The monoisotopic (exact) mass is 892 g/mol. The zero-order chi connectivity index (χ0) is 45.1. The first kappa shape index (κ1) is 40.7. The van der Waals surface area contributed by atoms with Gasteiger partial charge in [0.15, 0.2) is 16.1 Å². The molecular formula is C63H48O2Si2. The standard InChI is InChI=1S/C63H48O2Si2/c1-43-38-44(2)61(45(3)39-43)48-41-46(53-30-20-36-59-62(53)64-55-32-16-18-34-57(55)66(59,49-22-8-4-9-23-49)50-24-10-5-11-25-50)40-47(42-48)54-31-21-37-60-63(54)65-56-33-17-19-35-58(56)67(60,51-26-12-6-13-27-51)52-28-14-7-15-29-52/h4-42H,1-3H3. The number of rotatable bonds is 7. The Balaban J connectivity index is 1.15. The quantitative estimate of drug-likeness (QED) is 0.148. The summed E-state index contributed by atoms with van der Waals surface area (Å²) < 4.78 is 14.6. The highest BCUT2D eigenvalue weighted by atomic mass is 28.3. The van der Waals surface area contributed by atoms with Crippen molar-refractivity contribution in [1.29, 1.82) is 0 Å². The van der Waals surface area contributed by atoms with Gasteiger partial charge in [0, 0.05) is 11.1 Å². The smallest absolute Gasteiger partial charge is 0.188 e. The van der Waals surface area contributed by atoms with Gasteiger partial charge in [-0.05, 0) is 126 Å². The van der Waals surface area contributed by atoms with Gasteiger partial charge in [-0.3, -0.25) is 0 Å². The van der Waals surface area contributed by atoms with E-state index in [0.717, 1.165) is 50.8 Å². The van der Waals surface area contributed by atoms with Crippen molar-refractivity contribution in [2.75, 3.05) is 0 Å². The van der Waals surface area contributed by atoms with Crippen molar-refractivity contribution in [3.8, 4) is 56.4 Å². The fraction of sp³-hybridized carbons (Fsp3) is 0.0476. The molecule has 0 bridgehead atoms. The third kappa shape index (κ3) is 6.35. The molecule has 0 N–H and O–H groups in total. The van der Waals surface area contributed by atoms with E-state index in [4.69, 9.17) is 9.47 Å². The first-order chi connectivity index (χ1) is 33.0. The highest BCUT2D eigenvalue weighted by molar-refractivity contribution is 7.21. The lowest BCUT2D eigenvalue weighted by Gasteiger charge is -2.40. The first-order valence-electron chi connectivity index (χ1n) is 23.2. The van der Waals surface area contributed by atoms with Crippen LogP contribution in [0, 0.1) is 20.8 Å². The molecule has 0 atom stereocenters. The van der Waals surface area contributed by atoms with Crippen molar-refractivity contribution in [2.24, 2.45) is 0 Å². The predicted molar refractivity (Wildman–Crippen MR) is 284 cm³/mol. The SMILES string of the molecule is Cc1cc(C)c(-c2cc(-c3cccc4c3Oc3ccccc3[Si]4(c3ccccc3)c3ccccc3)cc(-c3cccc4c3Oc3ccccc3[Si]4(c3ccccc3)c3ccccc3)c2)c(C)c1. The minimum absolute atomic E-state index is 0.913. The van der Waals surface area contributed by atoms with Crippen LogP contribution in [0.25, 0.3) is 33.4 Å². The van der Waals surface area contributed by atoms with Crippen molar-refractivity contribution in [3.05, 3.63) is 253 Å². The second kappa shape index (κ2) is 16.3. The van der Waals surface area contributed by atoms with Gasteiger partial charge in [-0.25, -0.2) is 0 Å². The Labute approximate surface area is 395 Å². The minimum atomic E-state index is -2.89. The summed E-state index contributed by atoms with van der Waals surface area (Å²) >= 11 is 0. The summed E-state index contributed by atoms with van der Waals surface area (Å²) in [5, 5.41) is 10.3. The molecule has 2 aliphatic heterocycles. The molecule has 0 amide bonds. The molecule has 10 aromatic rings. The van der Waals surface area contributed by atoms with Gasteiger partial charge in [0.25, 0.3) is 0 Å². The summed E-state index contributed by atoms with van der Waals surface area (Å²) in [5.74, 6) is 3.66. The van der Waals surface area contributed by atoms with Gasteiger partial charge in [0.05, 0.1) is 0 Å². The van der Waals surface area contributed by atoms with Crippen LogP contribution in [0.1, 0.15) is 16.7 Å². The van der Waals surface area contributed by atoms with E-state index in [1.54, 1.807) is 0 Å². The lowest BCUT2D eigenvalue weighted by atomic mass is 9.88. The Hall–Kier alpha value is -7.77. The van der Waals surface area contributed by atoms with Gasteiger partial charge in [-0.2, -0.15) is 0 Å². The van der Waals surface area contributed by atoms with Crippen LogP contribution in [-0.4, -0.2) is 16.1 Å². The molecule has 0 saturated carbocycles. The van der Waals surface area contributed by atoms with Gasteiger partial charge < -0.3 is 9.47 Å².